The maximum Gasteiger partial charge on any atom is 0.261 e. The van der Waals surface area contributed by atoms with Crippen molar-refractivity contribution in [3.8, 4) is 5.75 Å². The second kappa shape index (κ2) is 5.17. The Kier molecular flexibility index (Phi) is 3.36. The molecule has 0 spiro atoms. The first-order valence-corrected chi connectivity index (χ1v) is 7.34. The normalized spacial score (nSPS) is 16.6. The summed E-state index contributed by atoms with van der Waals surface area (Å²) in [6, 6.07) is 9.69. The third-order valence-corrected chi connectivity index (χ3v) is 4.45. The van der Waals surface area contributed by atoms with E-state index in [4.69, 9.17) is 10.5 Å². The molecule has 1 aromatic heterocycles. The van der Waals surface area contributed by atoms with Crippen molar-refractivity contribution in [1.29, 1.82) is 0 Å². The van der Waals surface area contributed by atoms with Crippen LogP contribution in [0.25, 0.3) is 0 Å². The number of para-hydroxylation sites is 1. The summed E-state index contributed by atoms with van der Waals surface area (Å²) in [7, 11) is 0. The highest BCUT2D eigenvalue weighted by Gasteiger charge is 2.23. The minimum Gasteiger partial charge on any atom is -0.488 e. The maximum absolute atomic E-state index is 12.0. The maximum atomic E-state index is 12.0. The van der Waals surface area contributed by atoms with E-state index in [0.29, 0.717) is 17.1 Å². The summed E-state index contributed by atoms with van der Waals surface area (Å²) in [6.07, 6.45) is 0.844. The number of hydrogen-bond donors (Lipinski definition) is 2. The summed E-state index contributed by atoms with van der Waals surface area (Å²) in [4.78, 5) is 13.6. The SMILES string of the molecule is Cc1sc(C(=O)NCC2Cc3ccccc3O2)cc1N. The molecule has 2 heterocycles. The van der Waals surface area contributed by atoms with Crippen LogP contribution in [0, 0.1) is 6.92 Å². The van der Waals surface area contributed by atoms with Gasteiger partial charge < -0.3 is 15.8 Å². The average Bonchev–Trinajstić information content (AvgIpc) is 3.00. The van der Waals surface area contributed by atoms with Crippen LogP contribution in [0.15, 0.2) is 30.3 Å². The minimum atomic E-state index is -0.0886. The highest BCUT2D eigenvalue weighted by Crippen LogP contribution is 2.28. The summed E-state index contributed by atoms with van der Waals surface area (Å²) >= 11 is 1.41. The second-order valence-electron chi connectivity index (χ2n) is 4.88. The molecule has 0 saturated heterocycles. The van der Waals surface area contributed by atoms with E-state index in [0.717, 1.165) is 17.0 Å². The number of carbonyl (C=O) groups is 1. The summed E-state index contributed by atoms with van der Waals surface area (Å²) < 4.78 is 5.79. The van der Waals surface area contributed by atoms with Crippen molar-refractivity contribution in [3.63, 3.8) is 0 Å². The molecular weight excluding hydrogens is 272 g/mol. The first kappa shape index (κ1) is 13.0. The third-order valence-electron chi connectivity index (χ3n) is 3.38. The van der Waals surface area contributed by atoms with Gasteiger partial charge in [0.2, 0.25) is 0 Å². The van der Waals surface area contributed by atoms with Crippen molar-refractivity contribution < 1.29 is 9.53 Å². The van der Waals surface area contributed by atoms with Gasteiger partial charge in [0.1, 0.15) is 11.9 Å². The minimum absolute atomic E-state index is 0.00903. The summed E-state index contributed by atoms with van der Waals surface area (Å²) in [5.74, 6) is 0.831. The van der Waals surface area contributed by atoms with Gasteiger partial charge in [-0.15, -0.1) is 11.3 Å². The fourth-order valence-corrected chi connectivity index (χ4v) is 3.13. The lowest BCUT2D eigenvalue weighted by molar-refractivity contribution is 0.0937. The average molecular weight is 288 g/mol. The van der Waals surface area contributed by atoms with Gasteiger partial charge in [0, 0.05) is 17.0 Å². The van der Waals surface area contributed by atoms with E-state index in [1.165, 1.54) is 16.9 Å². The van der Waals surface area contributed by atoms with Crippen molar-refractivity contribution in [1.82, 2.24) is 5.32 Å². The van der Waals surface area contributed by atoms with Gasteiger partial charge in [-0.05, 0) is 24.6 Å². The Hall–Kier alpha value is -2.01. The number of thiophene rings is 1. The molecule has 1 aliphatic heterocycles. The number of amides is 1. The van der Waals surface area contributed by atoms with Gasteiger partial charge in [-0.3, -0.25) is 4.79 Å². The number of benzene rings is 1. The number of anilines is 1. The summed E-state index contributed by atoms with van der Waals surface area (Å²) in [5, 5.41) is 2.91. The zero-order chi connectivity index (χ0) is 14.1. The molecule has 1 unspecified atom stereocenters. The van der Waals surface area contributed by atoms with Crippen LogP contribution in [0.3, 0.4) is 0 Å². The smallest absolute Gasteiger partial charge is 0.261 e. The van der Waals surface area contributed by atoms with E-state index in [-0.39, 0.29) is 12.0 Å². The van der Waals surface area contributed by atoms with Crippen LogP contribution in [0.5, 0.6) is 5.75 Å². The Morgan fingerprint density at radius 3 is 3.00 bits per heavy atom. The van der Waals surface area contributed by atoms with Gasteiger partial charge in [0.15, 0.2) is 0 Å². The lowest BCUT2D eigenvalue weighted by atomic mass is 10.1. The Bertz CT molecular complexity index is 607. The van der Waals surface area contributed by atoms with Crippen molar-refractivity contribution in [2.24, 2.45) is 0 Å². The topological polar surface area (TPSA) is 64.3 Å². The molecule has 5 heteroatoms. The third kappa shape index (κ3) is 2.49. The molecule has 20 heavy (non-hydrogen) atoms. The highest BCUT2D eigenvalue weighted by atomic mass is 32.1. The van der Waals surface area contributed by atoms with Crippen molar-refractivity contribution in [2.45, 2.75) is 19.4 Å². The van der Waals surface area contributed by atoms with E-state index >= 15 is 0 Å². The number of aryl methyl sites for hydroxylation is 1. The molecular formula is C15H16N2O2S. The van der Waals surface area contributed by atoms with E-state index < -0.39 is 0 Å². The molecule has 3 N–H and O–H groups in total. The number of nitrogens with one attached hydrogen (secondary N) is 1. The molecule has 1 amide bonds. The van der Waals surface area contributed by atoms with Crippen LogP contribution in [-0.4, -0.2) is 18.6 Å². The summed E-state index contributed by atoms with van der Waals surface area (Å²) in [5.41, 5.74) is 7.63. The second-order valence-corrected chi connectivity index (χ2v) is 6.14. The Balaban J connectivity index is 1.57. The predicted molar refractivity (Wildman–Crippen MR) is 80.4 cm³/mol. The number of ether oxygens (including phenoxy) is 1. The largest absolute Gasteiger partial charge is 0.488 e. The Morgan fingerprint density at radius 1 is 1.50 bits per heavy atom. The number of rotatable bonds is 3. The number of nitrogen functional groups attached to an aromatic ring is 1. The van der Waals surface area contributed by atoms with Gasteiger partial charge >= 0.3 is 0 Å². The molecule has 0 saturated carbocycles. The molecule has 0 fully saturated rings. The van der Waals surface area contributed by atoms with Crippen molar-refractivity contribution >= 4 is 22.9 Å². The van der Waals surface area contributed by atoms with Crippen LogP contribution in [0.2, 0.25) is 0 Å². The van der Waals surface area contributed by atoms with Crippen molar-refractivity contribution in [2.75, 3.05) is 12.3 Å². The highest BCUT2D eigenvalue weighted by molar-refractivity contribution is 7.14. The van der Waals surface area contributed by atoms with Crippen LogP contribution in [0.4, 0.5) is 5.69 Å². The quantitative estimate of drug-likeness (QED) is 0.911. The van der Waals surface area contributed by atoms with Crippen LogP contribution in [-0.2, 0) is 6.42 Å². The van der Waals surface area contributed by atoms with Gasteiger partial charge in [-0.25, -0.2) is 0 Å². The number of carbonyl (C=O) groups excluding carboxylic acids is 1. The molecule has 1 aliphatic rings. The van der Waals surface area contributed by atoms with E-state index in [1.54, 1.807) is 6.07 Å². The van der Waals surface area contributed by atoms with Crippen molar-refractivity contribution in [3.05, 3.63) is 45.6 Å². The molecule has 104 valence electrons. The zero-order valence-electron chi connectivity index (χ0n) is 11.2. The van der Waals surface area contributed by atoms with E-state index in [1.807, 2.05) is 25.1 Å². The molecule has 1 atom stereocenters. The van der Waals surface area contributed by atoms with Gasteiger partial charge in [-0.1, -0.05) is 18.2 Å². The zero-order valence-corrected chi connectivity index (χ0v) is 12.0. The van der Waals surface area contributed by atoms with Crippen LogP contribution < -0.4 is 15.8 Å². The van der Waals surface area contributed by atoms with Crippen LogP contribution in [0.1, 0.15) is 20.1 Å². The first-order valence-electron chi connectivity index (χ1n) is 6.52. The lowest BCUT2D eigenvalue weighted by Crippen LogP contribution is -2.34. The molecule has 4 nitrogen and oxygen atoms in total. The number of hydrogen-bond acceptors (Lipinski definition) is 4. The fourth-order valence-electron chi connectivity index (χ4n) is 2.27. The van der Waals surface area contributed by atoms with Gasteiger partial charge in [0.25, 0.3) is 5.91 Å². The summed E-state index contributed by atoms with van der Waals surface area (Å²) in [6.45, 7) is 2.41. The first-order chi connectivity index (χ1) is 9.63. The number of nitrogens with two attached hydrogens (primary N) is 1. The standard InChI is InChI=1S/C15H16N2O2S/c1-9-12(16)7-14(20-9)15(18)17-8-11-6-10-4-2-3-5-13(10)19-11/h2-5,7,11H,6,8,16H2,1H3,(H,17,18). The molecule has 1 aromatic carbocycles. The van der Waals surface area contributed by atoms with E-state index in [2.05, 4.69) is 11.4 Å². The fraction of sp³-hybridized carbons (Fsp3) is 0.267. The van der Waals surface area contributed by atoms with Gasteiger partial charge in [-0.2, -0.15) is 0 Å². The molecule has 0 aliphatic carbocycles. The van der Waals surface area contributed by atoms with Crippen LogP contribution >= 0.6 is 11.3 Å². The monoisotopic (exact) mass is 288 g/mol. The lowest BCUT2D eigenvalue weighted by Gasteiger charge is -2.11. The number of fused-ring (bicyclic) bond motifs is 1. The van der Waals surface area contributed by atoms with E-state index in [9.17, 15) is 4.79 Å². The molecule has 0 radical (unpaired) electrons. The predicted octanol–water partition coefficient (Wildman–Crippen LogP) is 2.37. The van der Waals surface area contributed by atoms with Gasteiger partial charge in [0.05, 0.1) is 11.4 Å². The Labute approximate surface area is 121 Å². The Morgan fingerprint density at radius 2 is 2.30 bits per heavy atom. The molecule has 0 bridgehead atoms. The molecule has 2 aromatic rings. The molecule has 3 rings (SSSR count).